The maximum atomic E-state index is 11.9. The summed E-state index contributed by atoms with van der Waals surface area (Å²) in [7, 11) is 0. The summed E-state index contributed by atoms with van der Waals surface area (Å²) >= 11 is 0. The molecule has 1 atom stereocenters. The van der Waals surface area contributed by atoms with E-state index in [0.29, 0.717) is 31.1 Å². The van der Waals surface area contributed by atoms with Crippen molar-refractivity contribution in [2.75, 3.05) is 24.5 Å². The summed E-state index contributed by atoms with van der Waals surface area (Å²) in [4.78, 5) is 25.3. The number of piperazine rings is 1. The Morgan fingerprint density at radius 3 is 2.74 bits per heavy atom. The molecule has 3 aromatic rings. The number of fused-ring (bicyclic) bond motifs is 1. The van der Waals surface area contributed by atoms with Crippen LogP contribution in [0.3, 0.4) is 0 Å². The van der Waals surface area contributed by atoms with Crippen LogP contribution in [0.2, 0.25) is 0 Å². The van der Waals surface area contributed by atoms with Gasteiger partial charge < -0.3 is 9.80 Å². The number of benzene rings is 1. The standard InChI is InChI=1S/C25H25N5O/c1-16-15-29(10-11-30(16)17(2)31)25-20(13-26)12-23(24(28-25)18-6-7-18)22-5-3-4-19-14-27-9-8-21(19)22/h3-5,8-9,12,14,16,18H,6-7,10-11,15H2,1-2H3. The molecule has 0 bridgehead atoms. The molecule has 1 aromatic carbocycles. The first-order chi connectivity index (χ1) is 15.1. The van der Waals surface area contributed by atoms with E-state index in [-0.39, 0.29) is 11.9 Å². The van der Waals surface area contributed by atoms with Gasteiger partial charge in [-0.15, -0.1) is 0 Å². The molecule has 156 valence electrons. The second-order valence-corrected chi connectivity index (χ2v) is 8.59. The van der Waals surface area contributed by atoms with Crippen LogP contribution in [0.1, 0.15) is 43.9 Å². The van der Waals surface area contributed by atoms with Crippen molar-refractivity contribution in [2.24, 2.45) is 0 Å². The molecule has 6 nitrogen and oxygen atoms in total. The first-order valence-corrected chi connectivity index (χ1v) is 10.9. The molecule has 2 fully saturated rings. The number of nitriles is 1. The number of carbonyl (C=O) groups excluding carboxylic acids is 1. The number of rotatable bonds is 3. The Balaban J connectivity index is 1.61. The summed E-state index contributed by atoms with van der Waals surface area (Å²) in [5.41, 5.74) is 3.83. The predicted molar refractivity (Wildman–Crippen MR) is 121 cm³/mol. The molecular formula is C25H25N5O. The molecule has 0 spiro atoms. The Hall–Kier alpha value is -3.46. The zero-order valence-electron chi connectivity index (χ0n) is 17.9. The van der Waals surface area contributed by atoms with Gasteiger partial charge in [-0.2, -0.15) is 5.26 Å². The van der Waals surface area contributed by atoms with Gasteiger partial charge in [0.2, 0.25) is 5.91 Å². The largest absolute Gasteiger partial charge is 0.352 e. The number of nitrogens with zero attached hydrogens (tertiary/aromatic N) is 5. The summed E-state index contributed by atoms with van der Waals surface area (Å²) in [6, 6.07) is 12.7. The van der Waals surface area contributed by atoms with Crippen molar-refractivity contribution in [1.29, 1.82) is 5.26 Å². The number of aromatic nitrogens is 2. The van der Waals surface area contributed by atoms with Gasteiger partial charge in [0.25, 0.3) is 0 Å². The van der Waals surface area contributed by atoms with Crippen LogP contribution >= 0.6 is 0 Å². The minimum Gasteiger partial charge on any atom is -0.352 e. The zero-order valence-corrected chi connectivity index (χ0v) is 17.9. The molecule has 31 heavy (non-hydrogen) atoms. The van der Waals surface area contributed by atoms with Crippen LogP contribution in [0.15, 0.2) is 42.7 Å². The van der Waals surface area contributed by atoms with Gasteiger partial charge in [0, 0.05) is 61.9 Å². The molecule has 0 radical (unpaired) electrons. The van der Waals surface area contributed by atoms with E-state index in [4.69, 9.17) is 4.98 Å². The van der Waals surface area contributed by atoms with Crippen molar-refractivity contribution >= 4 is 22.5 Å². The van der Waals surface area contributed by atoms with E-state index < -0.39 is 0 Å². The Kier molecular flexibility index (Phi) is 4.82. The van der Waals surface area contributed by atoms with Gasteiger partial charge in [0.15, 0.2) is 0 Å². The van der Waals surface area contributed by atoms with Crippen LogP contribution in [-0.4, -0.2) is 46.5 Å². The van der Waals surface area contributed by atoms with Gasteiger partial charge in [-0.25, -0.2) is 4.98 Å². The highest BCUT2D eigenvalue weighted by atomic mass is 16.2. The Morgan fingerprint density at radius 2 is 2.03 bits per heavy atom. The van der Waals surface area contributed by atoms with Gasteiger partial charge >= 0.3 is 0 Å². The second-order valence-electron chi connectivity index (χ2n) is 8.59. The van der Waals surface area contributed by atoms with Gasteiger partial charge in [0.1, 0.15) is 11.9 Å². The maximum absolute atomic E-state index is 11.9. The van der Waals surface area contributed by atoms with E-state index in [1.807, 2.05) is 35.5 Å². The van der Waals surface area contributed by atoms with E-state index in [1.54, 1.807) is 6.92 Å². The van der Waals surface area contributed by atoms with Crippen LogP contribution in [0.4, 0.5) is 5.82 Å². The molecule has 1 aliphatic heterocycles. The Bertz CT molecular complexity index is 1200. The summed E-state index contributed by atoms with van der Waals surface area (Å²) in [5.74, 6) is 1.29. The fraction of sp³-hybridized carbons (Fsp3) is 0.360. The Labute approximate surface area is 182 Å². The highest BCUT2D eigenvalue weighted by molar-refractivity contribution is 5.97. The molecule has 2 aromatic heterocycles. The molecule has 6 heteroatoms. The van der Waals surface area contributed by atoms with E-state index in [2.05, 4.69) is 35.0 Å². The monoisotopic (exact) mass is 411 g/mol. The van der Waals surface area contributed by atoms with Crippen LogP contribution in [0.25, 0.3) is 21.9 Å². The summed E-state index contributed by atoms with van der Waals surface area (Å²) in [6.07, 6.45) is 5.95. The molecule has 3 heterocycles. The van der Waals surface area contributed by atoms with Crippen molar-refractivity contribution in [3.63, 3.8) is 0 Å². The van der Waals surface area contributed by atoms with Crippen LogP contribution < -0.4 is 4.90 Å². The lowest BCUT2D eigenvalue weighted by Crippen LogP contribution is -2.53. The number of pyridine rings is 2. The topological polar surface area (TPSA) is 73.1 Å². The summed E-state index contributed by atoms with van der Waals surface area (Å²) < 4.78 is 0. The van der Waals surface area contributed by atoms with Crippen molar-refractivity contribution in [3.05, 3.63) is 54.0 Å². The first-order valence-electron chi connectivity index (χ1n) is 10.9. The average Bonchev–Trinajstić information content (AvgIpc) is 3.63. The minimum absolute atomic E-state index is 0.0919. The third-order valence-corrected chi connectivity index (χ3v) is 6.42. The van der Waals surface area contributed by atoms with Crippen LogP contribution in [0, 0.1) is 11.3 Å². The molecule has 1 amide bonds. The van der Waals surface area contributed by atoms with Gasteiger partial charge in [-0.3, -0.25) is 9.78 Å². The molecule has 1 saturated carbocycles. The lowest BCUT2D eigenvalue weighted by atomic mass is 9.95. The number of hydrogen-bond acceptors (Lipinski definition) is 5. The highest BCUT2D eigenvalue weighted by Crippen LogP contribution is 2.46. The van der Waals surface area contributed by atoms with Crippen molar-refractivity contribution in [1.82, 2.24) is 14.9 Å². The maximum Gasteiger partial charge on any atom is 0.219 e. The van der Waals surface area contributed by atoms with Crippen LogP contribution in [-0.2, 0) is 4.79 Å². The molecule has 1 saturated heterocycles. The summed E-state index contributed by atoms with van der Waals surface area (Å²) in [6.45, 7) is 5.70. The van der Waals surface area contributed by atoms with Gasteiger partial charge in [-0.05, 0) is 42.8 Å². The first kappa shape index (κ1) is 19.5. The number of amides is 1. The average molecular weight is 412 g/mol. The quantitative estimate of drug-likeness (QED) is 0.649. The van der Waals surface area contributed by atoms with Crippen LogP contribution in [0.5, 0.6) is 0 Å². The van der Waals surface area contributed by atoms with Gasteiger partial charge in [0.05, 0.1) is 11.3 Å². The van der Waals surface area contributed by atoms with Crippen molar-refractivity contribution in [3.8, 4) is 17.2 Å². The van der Waals surface area contributed by atoms with Crippen molar-refractivity contribution < 1.29 is 4.79 Å². The molecule has 0 N–H and O–H groups in total. The fourth-order valence-electron chi connectivity index (χ4n) is 4.70. The summed E-state index contributed by atoms with van der Waals surface area (Å²) in [5, 5.41) is 12.2. The molecule has 1 unspecified atom stereocenters. The lowest BCUT2D eigenvalue weighted by molar-refractivity contribution is -0.131. The smallest absolute Gasteiger partial charge is 0.219 e. The lowest BCUT2D eigenvalue weighted by Gasteiger charge is -2.40. The second kappa shape index (κ2) is 7.66. The SMILES string of the molecule is CC(=O)N1CCN(c2nc(C3CC3)c(-c3cccc4cnccc34)cc2C#N)CC1C. The molecule has 2 aliphatic rings. The van der Waals surface area contributed by atoms with E-state index in [0.717, 1.165) is 46.3 Å². The molecular weight excluding hydrogens is 386 g/mol. The number of hydrogen-bond donors (Lipinski definition) is 0. The molecule has 1 aliphatic carbocycles. The minimum atomic E-state index is 0.0919. The third kappa shape index (κ3) is 3.50. The third-order valence-electron chi connectivity index (χ3n) is 6.42. The normalized spacial score (nSPS) is 18.8. The Morgan fingerprint density at radius 1 is 1.19 bits per heavy atom. The zero-order chi connectivity index (χ0) is 21.5. The highest BCUT2D eigenvalue weighted by Gasteiger charge is 2.32. The van der Waals surface area contributed by atoms with Gasteiger partial charge in [-0.1, -0.05) is 18.2 Å². The van der Waals surface area contributed by atoms with E-state index in [9.17, 15) is 10.1 Å². The van der Waals surface area contributed by atoms with E-state index >= 15 is 0 Å². The van der Waals surface area contributed by atoms with E-state index in [1.165, 1.54) is 0 Å². The van der Waals surface area contributed by atoms with Crippen molar-refractivity contribution in [2.45, 2.75) is 38.6 Å². The molecule has 5 rings (SSSR count). The fourth-order valence-corrected chi connectivity index (χ4v) is 4.70. The number of anilines is 1. The number of carbonyl (C=O) groups is 1. The predicted octanol–water partition coefficient (Wildman–Crippen LogP) is 4.10.